The Bertz CT molecular complexity index is 402. The molecule has 1 aromatic rings. The average molecular weight is 206 g/mol. The third-order valence-corrected chi connectivity index (χ3v) is 2.14. The van der Waals surface area contributed by atoms with E-state index in [1.54, 1.807) is 31.3 Å². The van der Waals surface area contributed by atoms with Crippen LogP contribution >= 0.6 is 0 Å². The van der Waals surface area contributed by atoms with Gasteiger partial charge in [-0.15, -0.1) is 0 Å². The Morgan fingerprint density at radius 3 is 2.87 bits per heavy atom. The van der Waals surface area contributed by atoms with E-state index in [2.05, 4.69) is 9.98 Å². The van der Waals surface area contributed by atoms with Crippen LogP contribution in [0.4, 0.5) is 0 Å². The van der Waals surface area contributed by atoms with Gasteiger partial charge in [0.15, 0.2) is 6.04 Å². The van der Waals surface area contributed by atoms with Gasteiger partial charge in [-0.1, -0.05) is 6.07 Å². The van der Waals surface area contributed by atoms with Crippen molar-refractivity contribution in [3.63, 3.8) is 0 Å². The number of rotatable bonds is 2. The number of pyridine rings is 1. The van der Waals surface area contributed by atoms with Crippen LogP contribution in [0.3, 0.4) is 0 Å². The van der Waals surface area contributed by atoms with E-state index in [1.165, 1.54) is 0 Å². The molecule has 15 heavy (non-hydrogen) atoms. The summed E-state index contributed by atoms with van der Waals surface area (Å²) < 4.78 is 5.33. The van der Waals surface area contributed by atoms with E-state index in [9.17, 15) is 4.79 Å². The maximum Gasteiger partial charge on any atom is 0.332 e. The number of carbonyl (C=O) groups is 1. The first kappa shape index (κ1) is 9.64. The number of aliphatic carboxylic acids is 1. The summed E-state index contributed by atoms with van der Waals surface area (Å²) in [6.45, 7) is 1.68. The number of carboxylic acid groups (broad SMARTS) is 1. The number of hydrogen-bond donors (Lipinski definition) is 1. The van der Waals surface area contributed by atoms with Gasteiger partial charge in [0.25, 0.3) is 0 Å². The van der Waals surface area contributed by atoms with Gasteiger partial charge in [-0.2, -0.15) is 0 Å². The maximum atomic E-state index is 10.8. The molecule has 0 amide bonds. The molecule has 1 N–H and O–H groups in total. The van der Waals surface area contributed by atoms with Crippen LogP contribution in [-0.2, 0) is 9.53 Å². The third-order valence-electron chi connectivity index (χ3n) is 2.14. The Kier molecular flexibility index (Phi) is 2.37. The summed E-state index contributed by atoms with van der Waals surface area (Å²) >= 11 is 0. The number of carboxylic acids is 1. The second-order valence-corrected chi connectivity index (χ2v) is 3.26. The van der Waals surface area contributed by atoms with Crippen molar-refractivity contribution in [1.29, 1.82) is 0 Å². The van der Waals surface area contributed by atoms with Gasteiger partial charge in [-0.25, -0.2) is 9.79 Å². The molecule has 0 aromatic carbocycles. The van der Waals surface area contributed by atoms with E-state index >= 15 is 0 Å². The standard InChI is InChI=1S/C10H10N2O3/c1-6-8(10(13)14)12-9(15-6)7-4-2-3-5-11-7/h2-6,8H,1H3,(H,13,14)/t6-,8-/m1/s1. The normalized spacial score (nSPS) is 24.5. The quantitative estimate of drug-likeness (QED) is 0.773. The molecule has 78 valence electrons. The zero-order valence-corrected chi connectivity index (χ0v) is 8.12. The van der Waals surface area contributed by atoms with Crippen LogP contribution in [0.25, 0.3) is 0 Å². The van der Waals surface area contributed by atoms with Crippen molar-refractivity contribution in [2.45, 2.75) is 19.1 Å². The molecule has 0 aliphatic carbocycles. The van der Waals surface area contributed by atoms with Crippen LogP contribution in [0.1, 0.15) is 12.6 Å². The van der Waals surface area contributed by atoms with Crippen LogP contribution in [-0.4, -0.2) is 34.1 Å². The summed E-state index contributed by atoms with van der Waals surface area (Å²) in [7, 11) is 0. The number of ether oxygens (including phenoxy) is 1. The zero-order valence-electron chi connectivity index (χ0n) is 8.12. The van der Waals surface area contributed by atoms with Gasteiger partial charge in [0.1, 0.15) is 11.8 Å². The molecule has 2 heterocycles. The Hall–Kier alpha value is -1.91. The van der Waals surface area contributed by atoms with Crippen molar-refractivity contribution >= 4 is 11.9 Å². The fourth-order valence-electron chi connectivity index (χ4n) is 1.37. The molecular weight excluding hydrogens is 196 g/mol. The van der Waals surface area contributed by atoms with Crippen molar-refractivity contribution in [1.82, 2.24) is 4.98 Å². The fraction of sp³-hybridized carbons (Fsp3) is 0.300. The van der Waals surface area contributed by atoms with E-state index in [4.69, 9.17) is 9.84 Å². The summed E-state index contributed by atoms with van der Waals surface area (Å²) in [6.07, 6.45) is 1.17. The van der Waals surface area contributed by atoms with E-state index in [-0.39, 0.29) is 0 Å². The van der Waals surface area contributed by atoms with Gasteiger partial charge in [-0.05, 0) is 19.1 Å². The zero-order chi connectivity index (χ0) is 10.8. The fourth-order valence-corrected chi connectivity index (χ4v) is 1.37. The van der Waals surface area contributed by atoms with Crippen molar-refractivity contribution in [3.8, 4) is 0 Å². The molecule has 5 nitrogen and oxygen atoms in total. The molecule has 5 heteroatoms. The molecule has 1 aliphatic rings. The minimum atomic E-state index is -0.978. The number of aromatic nitrogens is 1. The van der Waals surface area contributed by atoms with Crippen LogP contribution < -0.4 is 0 Å². The van der Waals surface area contributed by atoms with Crippen LogP contribution in [0, 0.1) is 0 Å². The highest BCUT2D eigenvalue weighted by atomic mass is 16.5. The second-order valence-electron chi connectivity index (χ2n) is 3.26. The highest BCUT2D eigenvalue weighted by Crippen LogP contribution is 2.16. The van der Waals surface area contributed by atoms with Crippen LogP contribution in [0.5, 0.6) is 0 Å². The molecule has 0 unspecified atom stereocenters. The monoisotopic (exact) mass is 206 g/mol. The van der Waals surface area contributed by atoms with Gasteiger partial charge in [0.2, 0.25) is 5.90 Å². The number of nitrogens with zero attached hydrogens (tertiary/aromatic N) is 2. The molecule has 0 fully saturated rings. The van der Waals surface area contributed by atoms with Crippen molar-refractivity contribution < 1.29 is 14.6 Å². The SMILES string of the molecule is C[C@H]1OC(c2ccccn2)=N[C@H]1C(=O)O. The first-order chi connectivity index (χ1) is 7.18. The van der Waals surface area contributed by atoms with E-state index in [1.807, 2.05) is 0 Å². The summed E-state index contributed by atoms with van der Waals surface area (Å²) in [5.74, 6) is -0.677. The van der Waals surface area contributed by atoms with Crippen molar-refractivity contribution in [2.24, 2.45) is 4.99 Å². The number of hydrogen-bond acceptors (Lipinski definition) is 4. The largest absolute Gasteiger partial charge is 0.480 e. The average Bonchev–Trinajstić information content (AvgIpc) is 2.62. The Balaban J connectivity index is 2.27. The van der Waals surface area contributed by atoms with Gasteiger partial charge in [0, 0.05) is 6.20 Å². The van der Waals surface area contributed by atoms with E-state index in [0.29, 0.717) is 11.6 Å². The highest BCUT2D eigenvalue weighted by molar-refractivity contribution is 5.96. The lowest BCUT2D eigenvalue weighted by molar-refractivity contribution is -0.139. The van der Waals surface area contributed by atoms with Crippen LogP contribution in [0.15, 0.2) is 29.4 Å². The summed E-state index contributed by atoms with van der Waals surface area (Å²) in [5, 5.41) is 8.84. The molecule has 1 aliphatic heterocycles. The molecule has 0 spiro atoms. The van der Waals surface area contributed by atoms with E-state index < -0.39 is 18.1 Å². The minimum Gasteiger partial charge on any atom is -0.480 e. The minimum absolute atomic E-state index is 0.301. The molecular formula is C10H10N2O3. The molecule has 0 bridgehead atoms. The second kappa shape index (κ2) is 3.68. The molecule has 1 aromatic heterocycles. The molecule has 0 saturated carbocycles. The molecule has 0 saturated heterocycles. The van der Waals surface area contributed by atoms with Gasteiger partial charge < -0.3 is 9.84 Å². The lowest BCUT2D eigenvalue weighted by Gasteiger charge is -2.07. The van der Waals surface area contributed by atoms with Gasteiger partial charge in [0.05, 0.1) is 0 Å². The predicted molar refractivity (Wildman–Crippen MR) is 52.7 cm³/mol. The van der Waals surface area contributed by atoms with Crippen LogP contribution in [0.2, 0.25) is 0 Å². The van der Waals surface area contributed by atoms with E-state index in [0.717, 1.165) is 0 Å². The van der Waals surface area contributed by atoms with Gasteiger partial charge in [-0.3, -0.25) is 4.98 Å². The lowest BCUT2D eigenvalue weighted by atomic mass is 10.2. The summed E-state index contributed by atoms with van der Waals surface area (Å²) in [6, 6.07) is 4.47. The third kappa shape index (κ3) is 1.81. The molecule has 2 rings (SSSR count). The number of aliphatic imine (C=N–C) groups is 1. The Morgan fingerprint density at radius 1 is 1.53 bits per heavy atom. The van der Waals surface area contributed by atoms with Crippen molar-refractivity contribution in [3.05, 3.63) is 30.1 Å². The maximum absolute atomic E-state index is 10.8. The summed E-state index contributed by atoms with van der Waals surface area (Å²) in [4.78, 5) is 18.8. The Labute approximate surface area is 86.4 Å². The first-order valence-corrected chi connectivity index (χ1v) is 4.57. The lowest BCUT2D eigenvalue weighted by Crippen LogP contribution is -2.27. The first-order valence-electron chi connectivity index (χ1n) is 4.57. The highest BCUT2D eigenvalue weighted by Gasteiger charge is 2.33. The van der Waals surface area contributed by atoms with Gasteiger partial charge >= 0.3 is 5.97 Å². The molecule has 0 radical (unpaired) electrons. The predicted octanol–water partition coefficient (Wildman–Crippen LogP) is 0.700. The molecule has 2 atom stereocenters. The smallest absolute Gasteiger partial charge is 0.332 e. The summed E-state index contributed by atoms with van der Waals surface area (Å²) in [5.41, 5.74) is 0.563. The Morgan fingerprint density at radius 2 is 2.33 bits per heavy atom. The topological polar surface area (TPSA) is 71.8 Å². The van der Waals surface area contributed by atoms with Crippen molar-refractivity contribution in [2.75, 3.05) is 0 Å².